The first-order valence-corrected chi connectivity index (χ1v) is 6.08. The van der Waals surface area contributed by atoms with E-state index in [1.807, 2.05) is 24.3 Å². The summed E-state index contributed by atoms with van der Waals surface area (Å²) in [5.41, 5.74) is 6.31. The van der Waals surface area contributed by atoms with Crippen molar-refractivity contribution in [2.24, 2.45) is 5.73 Å². The molecule has 0 aliphatic carbocycles. The average Bonchev–Trinajstić information content (AvgIpc) is 2.40. The van der Waals surface area contributed by atoms with Crippen LogP contribution in [0.25, 0.3) is 0 Å². The van der Waals surface area contributed by atoms with E-state index in [-0.39, 0.29) is 0 Å². The van der Waals surface area contributed by atoms with Crippen molar-refractivity contribution >= 4 is 17.7 Å². The Balaban J connectivity index is 2.13. The van der Waals surface area contributed by atoms with E-state index in [0.717, 1.165) is 9.79 Å². The highest BCUT2D eigenvalue weighted by molar-refractivity contribution is 7.99. The normalized spacial score (nSPS) is 9.72. The Kier molecular flexibility index (Phi) is 3.66. The zero-order chi connectivity index (χ0) is 13.0. The second-order valence-electron chi connectivity index (χ2n) is 3.63. The zero-order valence-electron chi connectivity index (χ0n) is 9.46. The summed E-state index contributed by atoms with van der Waals surface area (Å²) in [7, 11) is 0. The molecule has 2 N–H and O–H groups in total. The van der Waals surface area contributed by atoms with Crippen molar-refractivity contribution < 1.29 is 4.79 Å². The fourth-order valence-corrected chi connectivity index (χ4v) is 2.24. The molecule has 0 aliphatic rings. The van der Waals surface area contributed by atoms with E-state index in [1.165, 1.54) is 0 Å². The van der Waals surface area contributed by atoms with Gasteiger partial charge in [-0.3, -0.25) is 4.79 Å². The number of nitriles is 1. The summed E-state index contributed by atoms with van der Waals surface area (Å²) in [6.45, 7) is 0. The molecule has 4 heteroatoms. The predicted molar refractivity (Wildman–Crippen MR) is 70.2 cm³/mol. The van der Waals surface area contributed by atoms with Crippen LogP contribution in [-0.2, 0) is 0 Å². The lowest BCUT2D eigenvalue weighted by Crippen LogP contribution is -2.10. The molecule has 1 amide bonds. The Morgan fingerprint density at radius 1 is 1.00 bits per heavy atom. The molecule has 3 nitrogen and oxygen atoms in total. The molecule has 0 bridgehead atoms. The fraction of sp³-hybridized carbons (Fsp3) is 0. The van der Waals surface area contributed by atoms with Gasteiger partial charge >= 0.3 is 0 Å². The summed E-state index contributed by atoms with van der Waals surface area (Å²) in [5.74, 6) is -0.426. The number of nitrogens with zero attached hydrogens (tertiary/aromatic N) is 1. The smallest absolute Gasteiger partial charge is 0.248 e. The number of carbonyl (C=O) groups is 1. The lowest BCUT2D eigenvalue weighted by Gasteiger charge is -2.02. The monoisotopic (exact) mass is 254 g/mol. The summed E-state index contributed by atoms with van der Waals surface area (Å²) in [5, 5.41) is 8.70. The number of hydrogen-bond acceptors (Lipinski definition) is 3. The van der Waals surface area contributed by atoms with Gasteiger partial charge in [-0.2, -0.15) is 5.26 Å². The van der Waals surface area contributed by atoms with Crippen molar-refractivity contribution in [1.29, 1.82) is 5.26 Å². The lowest BCUT2D eigenvalue weighted by molar-refractivity contribution is 0.1000. The molecule has 0 aromatic heterocycles. The molecule has 0 radical (unpaired) electrons. The number of carbonyl (C=O) groups excluding carboxylic acids is 1. The van der Waals surface area contributed by atoms with E-state index in [1.54, 1.807) is 36.0 Å². The predicted octanol–water partition coefficient (Wildman–Crippen LogP) is 2.81. The van der Waals surface area contributed by atoms with Gasteiger partial charge < -0.3 is 5.73 Å². The van der Waals surface area contributed by atoms with E-state index in [9.17, 15) is 4.79 Å². The Morgan fingerprint density at radius 3 is 1.94 bits per heavy atom. The number of benzene rings is 2. The van der Waals surface area contributed by atoms with Gasteiger partial charge in [-0.25, -0.2) is 0 Å². The summed E-state index contributed by atoms with van der Waals surface area (Å²) in [6, 6.07) is 16.5. The van der Waals surface area contributed by atoms with Gasteiger partial charge in [0.15, 0.2) is 0 Å². The fourth-order valence-electron chi connectivity index (χ4n) is 1.42. The zero-order valence-corrected chi connectivity index (χ0v) is 10.3. The lowest BCUT2D eigenvalue weighted by atomic mass is 10.2. The molecule has 2 aromatic carbocycles. The van der Waals surface area contributed by atoms with Gasteiger partial charge in [0, 0.05) is 15.4 Å². The van der Waals surface area contributed by atoms with Crippen molar-refractivity contribution in [3.63, 3.8) is 0 Å². The van der Waals surface area contributed by atoms with E-state index in [2.05, 4.69) is 6.07 Å². The van der Waals surface area contributed by atoms with E-state index in [0.29, 0.717) is 11.1 Å². The van der Waals surface area contributed by atoms with Gasteiger partial charge in [-0.1, -0.05) is 11.8 Å². The highest BCUT2D eigenvalue weighted by Crippen LogP contribution is 2.27. The van der Waals surface area contributed by atoms with Crippen molar-refractivity contribution in [3.8, 4) is 6.07 Å². The van der Waals surface area contributed by atoms with Crippen LogP contribution in [0.1, 0.15) is 15.9 Å². The molecule has 0 aliphatic heterocycles. The molecule has 0 atom stereocenters. The van der Waals surface area contributed by atoms with E-state index >= 15 is 0 Å². The number of rotatable bonds is 3. The van der Waals surface area contributed by atoms with Gasteiger partial charge in [0.2, 0.25) is 5.91 Å². The van der Waals surface area contributed by atoms with Gasteiger partial charge in [0.1, 0.15) is 0 Å². The van der Waals surface area contributed by atoms with Gasteiger partial charge in [-0.05, 0) is 48.5 Å². The van der Waals surface area contributed by atoms with Crippen LogP contribution in [0.5, 0.6) is 0 Å². The van der Waals surface area contributed by atoms with Gasteiger partial charge in [0.05, 0.1) is 11.6 Å². The maximum absolute atomic E-state index is 10.9. The van der Waals surface area contributed by atoms with Crippen LogP contribution in [0.4, 0.5) is 0 Å². The summed E-state index contributed by atoms with van der Waals surface area (Å²) in [4.78, 5) is 13.0. The first-order chi connectivity index (χ1) is 8.69. The maximum atomic E-state index is 10.9. The van der Waals surface area contributed by atoms with Crippen molar-refractivity contribution in [1.82, 2.24) is 0 Å². The highest BCUT2D eigenvalue weighted by atomic mass is 32.2. The second-order valence-corrected chi connectivity index (χ2v) is 4.77. The third-order valence-electron chi connectivity index (χ3n) is 2.36. The molecule has 0 unspecified atom stereocenters. The number of primary amides is 1. The first kappa shape index (κ1) is 12.2. The Morgan fingerprint density at radius 2 is 1.50 bits per heavy atom. The van der Waals surface area contributed by atoms with E-state index in [4.69, 9.17) is 11.0 Å². The van der Waals surface area contributed by atoms with Crippen LogP contribution in [0.15, 0.2) is 58.3 Å². The van der Waals surface area contributed by atoms with Gasteiger partial charge in [0.25, 0.3) is 0 Å². The number of nitrogens with two attached hydrogens (primary N) is 1. The Labute approximate surface area is 109 Å². The minimum atomic E-state index is -0.426. The highest BCUT2D eigenvalue weighted by Gasteiger charge is 2.01. The molecule has 88 valence electrons. The second kappa shape index (κ2) is 5.39. The van der Waals surface area contributed by atoms with Crippen LogP contribution in [-0.4, -0.2) is 5.91 Å². The van der Waals surface area contributed by atoms with E-state index < -0.39 is 5.91 Å². The average molecular weight is 254 g/mol. The molecule has 0 saturated carbocycles. The van der Waals surface area contributed by atoms with Crippen molar-refractivity contribution in [2.45, 2.75) is 9.79 Å². The molecule has 2 aromatic rings. The molecule has 0 heterocycles. The molecular formula is C14H10N2OS. The molecule has 0 spiro atoms. The molecule has 0 saturated heterocycles. The summed E-state index contributed by atoms with van der Waals surface area (Å²) < 4.78 is 0. The van der Waals surface area contributed by atoms with Crippen molar-refractivity contribution in [2.75, 3.05) is 0 Å². The van der Waals surface area contributed by atoms with Crippen LogP contribution >= 0.6 is 11.8 Å². The largest absolute Gasteiger partial charge is 0.366 e. The van der Waals surface area contributed by atoms with Crippen LogP contribution in [0, 0.1) is 11.3 Å². The minimum Gasteiger partial charge on any atom is -0.366 e. The van der Waals surface area contributed by atoms with Crippen LogP contribution in [0.3, 0.4) is 0 Å². The Hall–Kier alpha value is -2.25. The third kappa shape index (κ3) is 2.90. The number of hydrogen-bond donors (Lipinski definition) is 1. The van der Waals surface area contributed by atoms with Crippen LogP contribution in [0.2, 0.25) is 0 Å². The molecular weight excluding hydrogens is 244 g/mol. The third-order valence-corrected chi connectivity index (χ3v) is 3.37. The maximum Gasteiger partial charge on any atom is 0.248 e. The Bertz CT molecular complexity index is 597. The topological polar surface area (TPSA) is 66.9 Å². The summed E-state index contributed by atoms with van der Waals surface area (Å²) in [6.07, 6.45) is 0. The number of amides is 1. The van der Waals surface area contributed by atoms with Crippen LogP contribution < -0.4 is 5.73 Å². The summed E-state index contributed by atoms with van der Waals surface area (Å²) >= 11 is 1.57. The first-order valence-electron chi connectivity index (χ1n) is 5.27. The molecule has 18 heavy (non-hydrogen) atoms. The SMILES string of the molecule is N#Cc1ccc(Sc2ccc(C(N)=O)cc2)cc1. The standard InChI is InChI=1S/C14H10N2OS/c15-9-10-1-5-12(6-2-10)18-13-7-3-11(4-8-13)14(16)17/h1-8H,(H2,16,17). The molecule has 0 fully saturated rings. The van der Waals surface area contributed by atoms with Gasteiger partial charge in [-0.15, -0.1) is 0 Å². The molecule has 2 rings (SSSR count). The minimum absolute atomic E-state index is 0.426. The van der Waals surface area contributed by atoms with Crippen molar-refractivity contribution in [3.05, 3.63) is 59.7 Å². The quantitative estimate of drug-likeness (QED) is 0.915.